The summed E-state index contributed by atoms with van der Waals surface area (Å²) in [6.07, 6.45) is 0. The predicted molar refractivity (Wildman–Crippen MR) is 98.6 cm³/mol. The molecule has 0 aliphatic heterocycles. The van der Waals surface area contributed by atoms with Crippen molar-refractivity contribution in [3.05, 3.63) is 59.2 Å². The van der Waals surface area contributed by atoms with Crippen molar-refractivity contribution in [2.75, 3.05) is 19.0 Å². The van der Waals surface area contributed by atoms with Crippen molar-refractivity contribution in [1.82, 2.24) is 4.90 Å². The van der Waals surface area contributed by atoms with Gasteiger partial charge < -0.3 is 15.0 Å². The number of nitrogens with zero attached hydrogens (tertiary/aromatic N) is 1. The molecule has 0 unspecified atom stereocenters. The molecule has 0 saturated carbocycles. The number of aryl methyl sites for hydroxylation is 2. The molecule has 0 atom stereocenters. The van der Waals surface area contributed by atoms with Crippen molar-refractivity contribution in [3.63, 3.8) is 0 Å². The van der Waals surface area contributed by atoms with Gasteiger partial charge in [0.15, 0.2) is 0 Å². The molecule has 0 fully saturated rings. The van der Waals surface area contributed by atoms with Gasteiger partial charge in [0.05, 0.1) is 7.11 Å². The van der Waals surface area contributed by atoms with Crippen molar-refractivity contribution in [1.29, 1.82) is 0 Å². The third-order valence-electron chi connectivity index (χ3n) is 3.98. The maximum Gasteiger partial charge on any atom is 0.244 e. The van der Waals surface area contributed by atoms with Crippen LogP contribution in [0.1, 0.15) is 23.6 Å². The van der Waals surface area contributed by atoms with Crippen molar-refractivity contribution in [2.24, 2.45) is 0 Å². The summed E-state index contributed by atoms with van der Waals surface area (Å²) in [6, 6.07) is 13.3. The smallest absolute Gasteiger partial charge is 0.244 e. The minimum absolute atomic E-state index is 0.00868. The van der Waals surface area contributed by atoms with E-state index in [2.05, 4.69) is 5.32 Å². The molecule has 0 aliphatic carbocycles. The molecule has 0 bridgehead atoms. The van der Waals surface area contributed by atoms with E-state index in [1.165, 1.54) is 11.8 Å². The molecule has 0 spiro atoms. The van der Waals surface area contributed by atoms with Crippen LogP contribution in [0.4, 0.5) is 5.69 Å². The number of hydrogen-bond donors (Lipinski definition) is 1. The van der Waals surface area contributed by atoms with E-state index < -0.39 is 0 Å². The highest BCUT2D eigenvalue weighted by molar-refractivity contribution is 5.94. The average Bonchev–Trinajstić information content (AvgIpc) is 2.58. The first-order valence-corrected chi connectivity index (χ1v) is 8.14. The van der Waals surface area contributed by atoms with E-state index in [1.807, 2.05) is 56.3 Å². The minimum atomic E-state index is -0.211. The van der Waals surface area contributed by atoms with Gasteiger partial charge in [-0.05, 0) is 48.7 Å². The van der Waals surface area contributed by atoms with Crippen LogP contribution >= 0.6 is 0 Å². The van der Waals surface area contributed by atoms with Gasteiger partial charge in [0.25, 0.3) is 0 Å². The lowest BCUT2D eigenvalue weighted by molar-refractivity contribution is -0.133. The number of nitrogens with one attached hydrogen (secondary N) is 1. The van der Waals surface area contributed by atoms with E-state index in [9.17, 15) is 9.59 Å². The fraction of sp³-hybridized carbons (Fsp3) is 0.300. The van der Waals surface area contributed by atoms with E-state index in [1.54, 1.807) is 7.11 Å². The van der Waals surface area contributed by atoms with Gasteiger partial charge in [-0.3, -0.25) is 9.59 Å². The van der Waals surface area contributed by atoms with Gasteiger partial charge in [0.1, 0.15) is 12.3 Å². The lowest BCUT2D eigenvalue weighted by Crippen LogP contribution is -2.36. The number of methoxy groups -OCH3 is 1. The number of amides is 2. The number of rotatable bonds is 6. The van der Waals surface area contributed by atoms with Crippen LogP contribution in [0.5, 0.6) is 5.75 Å². The summed E-state index contributed by atoms with van der Waals surface area (Å²) >= 11 is 0. The average molecular weight is 340 g/mol. The Balaban J connectivity index is 2.03. The minimum Gasteiger partial charge on any atom is -0.497 e. The molecule has 25 heavy (non-hydrogen) atoms. The SMILES string of the molecule is COc1ccc(CN(CC(=O)Nc2cc(C)ccc2C)C(C)=O)cc1. The summed E-state index contributed by atoms with van der Waals surface area (Å²) in [5.41, 5.74) is 3.78. The van der Waals surface area contributed by atoms with Gasteiger partial charge in [0, 0.05) is 19.2 Å². The second-order valence-corrected chi connectivity index (χ2v) is 6.09. The topological polar surface area (TPSA) is 58.6 Å². The predicted octanol–water partition coefficient (Wildman–Crippen LogP) is 3.30. The van der Waals surface area contributed by atoms with Gasteiger partial charge in [-0.1, -0.05) is 24.3 Å². The van der Waals surface area contributed by atoms with E-state index in [0.717, 1.165) is 28.1 Å². The standard InChI is InChI=1S/C20H24N2O3/c1-14-5-6-15(2)19(11-14)21-20(24)13-22(16(3)23)12-17-7-9-18(25-4)10-8-17/h5-11H,12-13H2,1-4H3,(H,21,24). The van der Waals surface area contributed by atoms with Crippen molar-refractivity contribution < 1.29 is 14.3 Å². The molecule has 2 rings (SSSR count). The Morgan fingerprint density at radius 2 is 1.76 bits per heavy atom. The summed E-state index contributed by atoms with van der Waals surface area (Å²) in [5.74, 6) is 0.398. The lowest BCUT2D eigenvalue weighted by Gasteiger charge is -2.21. The Kier molecular flexibility index (Phi) is 6.17. The zero-order valence-corrected chi connectivity index (χ0v) is 15.1. The highest BCUT2D eigenvalue weighted by Crippen LogP contribution is 2.17. The molecule has 5 nitrogen and oxygen atoms in total. The molecule has 1 N–H and O–H groups in total. The van der Waals surface area contributed by atoms with Crippen molar-refractivity contribution >= 4 is 17.5 Å². The molecular weight excluding hydrogens is 316 g/mol. The normalized spacial score (nSPS) is 10.2. The number of carbonyl (C=O) groups is 2. The first-order chi connectivity index (χ1) is 11.9. The van der Waals surface area contributed by atoms with Crippen LogP contribution < -0.4 is 10.1 Å². The van der Waals surface area contributed by atoms with E-state index in [0.29, 0.717) is 6.54 Å². The molecule has 0 aromatic heterocycles. The van der Waals surface area contributed by atoms with Gasteiger partial charge >= 0.3 is 0 Å². The molecule has 2 aromatic rings. The summed E-state index contributed by atoms with van der Waals surface area (Å²) in [4.78, 5) is 25.8. The van der Waals surface area contributed by atoms with Gasteiger partial charge in [-0.25, -0.2) is 0 Å². The van der Waals surface area contributed by atoms with Gasteiger partial charge in [-0.15, -0.1) is 0 Å². The summed E-state index contributed by atoms with van der Waals surface area (Å²) in [5, 5.41) is 2.89. The quantitative estimate of drug-likeness (QED) is 0.878. The van der Waals surface area contributed by atoms with Crippen LogP contribution in [-0.2, 0) is 16.1 Å². The van der Waals surface area contributed by atoms with E-state index >= 15 is 0 Å². The van der Waals surface area contributed by atoms with Crippen molar-refractivity contribution in [3.8, 4) is 5.75 Å². The zero-order chi connectivity index (χ0) is 18.4. The first-order valence-electron chi connectivity index (χ1n) is 8.14. The van der Waals surface area contributed by atoms with Crippen LogP contribution in [-0.4, -0.2) is 30.4 Å². The molecule has 2 aromatic carbocycles. The number of hydrogen-bond acceptors (Lipinski definition) is 3. The second kappa shape index (κ2) is 8.33. The molecule has 132 valence electrons. The monoisotopic (exact) mass is 340 g/mol. The molecule has 2 amide bonds. The van der Waals surface area contributed by atoms with Crippen molar-refractivity contribution in [2.45, 2.75) is 27.3 Å². The van der Waals surface area contributed by atoms with Crippen LogP contribution in [0, 0.1) is 13.8 Å². The fourth-order valence-corrected chi connectivity index (χ4v) is 2.46. The largest absolute Gasteiger partial charge is 0.497 e. The summed E-state index contributed by atoms with van der Waals surface area (Å²) in [6.45, 7) is 5.76. The Morgan fingerprint density at radius 1 is 1.08 bits per heavy atom. The number of carbonyl (C=O) groups excluding carboxylic acids is 2. The number of benzene rings is 2. The Bertz CT molecular complexity index is 754. The van der Waals surface area contributed by atoms with Gasteiger partial charge in [0.2, 0.25) is 11.8 Å². The maximum atomic E-state index is 12.4. The molecule has 0 heterocycles. The first kappa shape index (κ1) is 18.5. The van der Waals surface area contributed by atoms with Crippen LogP contribution in [0.25, 0.3) is 0 Å². The Morgan fingerprint density at radius 3 is 2.36 bits per heavy atom. The maximum absolute atomic E-state index is 12.4. The van der Waals surface area contributed by atoms with E-state index in [4.69, 9.17) is 4.74 Å². The Hall–Kier alpha value is -2.82. The summed E-state index contributed by atoms with van der Waals surface area (Å²) in [7, 11) is 1.61. The number of ether oxygens (including phenoxy) is 1. The summed E-state index contributed by atoms with van der Waals surface area (Å²) < 4.78 is 5.13. The van der Waals surface area contributed by atoms with Crippen LogP contribution in [0.2, 0.25) is 0 Å². The second-order valence-electron chi connectivity index (χ2n) is 6.09. The molecule has 0 aliphatic rings. The lowest BCUT2D eigenvalue weighted by atomic mass is 10.1. The van der Waals surface area contributed by atoms with E-state index in [-0.39, 0.29) is 18.4 Å². The molecule has 5 heteroatoms. The third kappa shape index (κ3) is 5.35. The third-order valence-corrected chi connectivity index (χ3v) is 3.98. The number of anilines is 1. The zero-order valence-electron chi connectivity index (χ0n) is 15.1. The fourth-order valence-electron chi connectivity index (χ4n) is 2.46. The molecular formula is C20H24N2O3. The highest BCUT2D eigenvalue weighted by Gasteiger charge is 2.15. The van der Waals surface area contributed by atoms with Gasteiger partial charge in [-0.2, -0.15) is 0 Å². The molecule has 0 radical (unpaired) electrons. The van der Waals surface area contributed by atoms with Crippen LogP contribution in [0.15, 0.2) is 42.5 Å². The Labute approximate surface area is 148 Å². The van der Waals surface area contributed by atoms with Crippen LogP contribution in [0.3, 0.4) is 0 Å². The highest BCUT2D eigenvalue weighted by atomic mass is 16.5. The molecule has 0 saturated heterocycles.